The van der Waals surface area contributed by atoms with Gasteiger partial charge < -0.3 is 18.9 Å². The maximum atomic E-state index is 12.9. The van der Waals surface area contributed by atoms with Crippen LogP contribution < -0.4 is 9.47 Å². The lowest BCUT2D eigenvalue weighted by molar-refractivity contribution is -0.129. The highest BCUT2D eigenvalue weighted by Gasteiger charge is 2.31. The molecule has 4 heterocycles. The number of para-hydroxylation sites is 2. The van der Waals surface area contributed by atoms with E-state index in [-0.39, 0.29) is 18.1 Å². The Hall–Kier alpha value is -2.52. The van der Waals surface area contributed by atoms with Crippen molar-refractivity contribution < 1.29 is 14.3 Å². The summed E-state index contributed by atoms with van der Waals surface area (Å²) in [6, 6.07) is 12.0. The molecule has 0 spiro atoms. The highest BCUT2D eigenvalue weighted by Crippen LogP contribution is 2.37. The van der Waals surface area contributed by atoms with Gasteiger partial charge in [-0.3, -0.25) is 4.79 Å². The SMILES string of the molecule is Cn1c(SCC(=O)N2CCC[C@@H]2c2cccs2)nnc1[C@@H]1COc2ccccc2O1. The Bertz CT molecular complexity index is 1040. The number of fused-ring (bicyclic) bond motifs is 1. The highest BCUT2D eigenvalue weighted by molar-refractivity contribution is 7.99. The van der Waals surface area contributed by atoms with Crippen molar-refractivity contribution in [3.8, 4) is 11.5 Å². The molecule has 1 aromatic carbocycles. The summed E-state index contributed by atoms with van der Waals surface area (Å²) in [6.07, 6.45) is 1.75. The minimum Gasteiger partial charge on any atom is -0.485 e. The van der Waals surface area contributed by atoms with Gasteiger partial charge in [0.1, 0.15) is 6.61 Å². The number of thiophene rings is 1. The van der Waals surface area contributed by atoms with E-state index in [1.165, 1.54) is 16.6 Å². The van der Waals surface area contributed by atoms with Crippen LogP contribution in [0.15, 0.2) is 46.9 Å². The van der Waals surface area contributed by atoms with E-state index in [2.05, 4.69) is 21.6 Å². The van der Waals surface area contributed by atoms with E-state index in [9.17, 15) is 4.79 Å². The summed E-state index contributed by atoms with van der Waals surface area (Å²) < 4.78 is 13.7. The van der Waals surface area contributed by atoms with Crippen LogP contribution in [0.2, 0.25) is 0 Å². The second kappa shape index (κ2) is 8.31. The van der Waals surface area contributed by atoms with Crippen molar-refractivity contribution in [3.63, 3.8) is 0 Å². The smallest absolute Gasteiger partial charge is 0.233 e. The molecule has 0 saturated carbocycles. The summed E-state index contributed by atoms with van der Waals surface area (Å²) in [7, 11) is 1.90. The quantitative estimate of drug-likeness (QED) is 0.559. The number of aromatic nitrogens is 3. The molecule has 30 heavy (non-hydrogen) atoms. The number of thioether (sulfide) groups is 1. The average molecular weight is 443 g/mol. The maximum Gasteiger partial charge on any atom is 0.233 e. The normalized spacial score (nSPS) is 20.5. The monoisotopic (exact) mass is 442 g/mol. The molecule has 156 valence electrons. The molecule has 3 aromatic rings. The van der Waals surface area contributed by atoms with Gasteiger partial charge in [-0.15, -0.1) is 21.5 Å². The molecule has 0 bridgehead atoms. The highest BCUT2D eigenvalue weighted by atomic mass is 32.2. The van der Waals surface area contributed by atoms with Gasteiger partial charge >= 0.3 is 0 Å². The number of rotatable bonds is 5. The van der Waals surface area contributed by atoms with Gasteiger partial charge in [0.2, 0.25) is 5.91 Å². The summed E-state index contributed by atoms with van der Waals surface area (Å²) in [6.45, 7) is 1.20. The van der Waals surface area contributed by atoms with Crippen LogP contribution in [0.1, 0.15) is 35.7 Å². The van der Waals surface area contributed by atoms with Crippen molar-refractivity contribution >= 4 is 29.0 Å². The first-order chi connectivity index (χ1) is 14.7. The minimum atomic E-state index is -0.329. The molecule has 0 unspecified atom stereocenters. The van der Waals surface area contributed by atoms with Crippen molar-refractivity contribution in [2.45, 2.75) is 30.1 Å². The number of likely N-dealkylation sites (tertiary alicyclic amines) is 1. The molecule has 5 rings (SSSR count). The molecule has 1 saturated heterocycles. The van der Waals surface area contributed by atoms with Crippen LogP contribution >= 0.6 is 23.1 Å². The van der Waals surface area contributed by atoms with Gasteiger partial charge in [-0.05, 0) is 36.4 Å². The summed E-state index contributed by atoms with van der Waals surface area (Å²) in [4.78, 5) is 16.2. The number of hydrogen-bond donors (Lipinski definition) is 0. The number of amides is 1. The Kier molecular flexibility index (Phi) is 5.39. The lowest BCUT2D eigenvalue weighted by Crippen LogP contribution is -2.31. The fraction of sp³-hybridized carbons (Fsp3) is 0.381. The van der Waals surface area contributed by atoms with Crippen LogP contribution in [0, 0.1) is 0 Å². The lowest BCUT2D eigenvalue weighted by Gasteiger charge is -2.25. The second-order valence-electron chi connectivity index (χ2n) is 7.31. The molecular formula is C21H22N4O3S2. The van der Waals surface area contributed by atoms with Crippen molar-refractivity contribution in [1.29, 1.82) is 0 Å². The number of nitrogens with zero attached hydrogens (tertiary/aromatic N) is 4. The molecule has 1 amide bonds. The maximum absolute atomic E-state index is 12.9. The predicted molar refractivity (Wildman–Crippen MR) is 115 cm³/mol. The number of hydrogen-bond acceptors (Lipinski definition) is 7. The lowest BCUT2D eigenvalue weighted by atomic mass is 10.2. The predicted octanol–water partition coefficient (Wildman–Crippen LogP) is 3.84. The fourth-order valence-electron chi connectivity index (χ4n) is 3.93. The van der Waals surface area contributed by atoms with Crippen molar-refractivity contribution in [2.75, 3.05) is 18.9 Å². The minimum absolute atomic E-state index is 0.145. The molecule has 2 atom stereocenters. The van der Waals surface area contributed by atoms with E-state index in [1.54, 1.807) is 11.3 Å². The standard InChI is InChI=1S/C21H22N4O3S2/c1-24-20(17-12-27-15-7-2-3-8-16(15)28-17)22-23-21(24)30-13-19(26)25-10-4-6-14(25)18-9-5-11-29-18/h2-3,5,7-9,11,14,17H,4,6,10,12-13H2,1H3/t14-,17+/m1/s1. The van der Waals surface area contributed by atoms with Crippen molar-refractivity contribution in [3.05, 3.63) is 52.5 Å². The Balaban J connectivity index is 1.24. The summed E-state index contributed by atoms with van der Waals surface area (Å²) in [5, 5.41) is 11.4. The number of ether oxygens (including phenoxy) is 2. The van der Waals surface area contributed by atoms with Crippen LogP contribution in [0.25, 0.3) is 0 Å². The first kappa shape index (κ1) is 19.4. The fourth-order valence-corrected chi connectivity index (χ4v) is 5.61. The third-order valence-electron chi connectivity index (χ3n) is 5.43. The molecule has 7 nitrogen and oxygen atoms in total. The van der Waals surface area contributed by atoms with E-state index in [1.807, 2.05) is 46.8 Å². The van der Waals surface area contributed by atoms with Gasteiger partial charge in [-0.25, -0.2) is 0 Å². The van der Waals surface area contributed by atoms with E-state index in [0.29, 0.717) is 29.1 Å². The van der Waals surface area contributed by atoms with Gasteiger partial charge in [0.05, 0.1) is 11.8 Å². The Morgan fingerprint density at radius 2 is 2.10 bits per heavy atom. The zero-order valence-corrected chi connectivity index (χ0v) is 18.2. The van der Waals surface area contributed by atoms with Crippen molar-refractivity contribution in [1.82, 2.24) is 19.7 Å². The molecule has 1 fully saturated rings. The zero-order chi connectivity index (χ0) is 20.5. The average Bonchev–Trinajstić information content (AvgIpc) is 3.52. The molecule has 9 heteroatoms. The van der Waals surface area contributed by atoms with Crippen LogP contribution in [-0.4, -0.2) is 44.5 Å². The van der Waals surface area contributed by atoms with Gasteiger partial charge in [0.25, 0.3) is 0 Å². The van der Waals surface area contributed by atoms with Gasteiger partial charge in [0, 0.05) is 18.5 Å². The summed E-state index contributed by atoms with van der Waals surface area (Å²) >= 11 is 3.14. The first-order valence-electron chi connectivity index (χ1n) is 9.94. The molecule has 2 aromatic heterocycles. The largest absolute Gasteiger partial charge is 0.485 e. The molecular weight excluding hydrogens is 420 g/mol. The third kappa shape index (κ3) is 3.67. The number of carbonyl (C=O) groups excluding carboxylic acids is 1. The topological polar surface area (TPSA) is 69.5 Å². The Labute approximate surface area is 183 Å². The first-order valence-corrected chi connectivity index (χ1v) is 11.8. The molecule has 2 aliphatic rings. The van der Waals surface area contributed by atoms with Crippen LogP contribution in [-0.2, 0) is 11.8 Å². The molecule has 0 N–H and O–H groups in total. The number of benzene rings is 1. The van der Waals surface area contributed by atoms with Crippen LogP contribution in [0.4, 0.5) is 0 Å². The van der Waals surface area contributed by atoms with E-state index >= 15 is 0 Å². The Morgan fingerprint density at radius 1 is 1.23 bits per heavy atom. The molecule has 0 aliphatic carbocycles. The van der Waals surface area contributed by atoms with E-state index in [4.69, 9.17) is 9.47 Å². The summed E-state index contributed by atoms with van der Waals surface area (Å²) in [5.74, 6) is 2.62. The van der Waals surface area contributed by atoms with Gasteiger partial charge in [-0.2, -0.15) is 0 Å². The third-order valence-corrected chi connectivity index (χ3v) is 7.41. The van der Waals surface area contributed by atoms with Crippen LogP contribution in [0.5, 0.6) is 11.5 Å². The Morgan fingerprint density at radius 3 is 2.93 bits per heavy atom. The van der Waals surface area contributed by atoms with Crippen LogP contribution in [0.3, 0.4) is 0 Å². The molecule has 0 radical (unpaired) electrons. The zero-order valence-electron chi connectivity index (χ0n) is 16.6. The second-order valence-corrected chi connectivity index (χ2v) is 9.24. The number of carbonyl (C=O) groups is 1. The van der Waals surface area contributed by atoms with E-state index in [0.717, 1.165) is 25.1 Å². The van der Waals surface area contributed by atoms with E-state index < -0.39 is 0 Å². The van der Waals surface area contributed by atoms with Gasteiger partial charge in [0.15, 0.2) is 28.6 Å². The summed E-state index contributed by atoms with van der Waals surface area (Å²) in [5.41, 5.74) is 0. The molecule has 2 aliphatic heterocycles. The van der Waals surface area contributed by atoms with Gasteiger partial charge in [-0.1, -0.05) is 30.0 Å². The van der Waals surface area contributed by atoms with Crippen molar-refractivity contribution in [2.24, 2.45) is 7.05 Å².